The summed E-state index contributed by atoms with van der Waals surface area (Å²) in [6.07, 6.45) is -3.25. The zero-order valence-corrected chi connectivity index (χ0v) is 16.8. The third-order valence-electron chi connectivity index (χ3n) is 4.38. The molecule has 1 aromatic heterocycles. The van der Waals surface area contributed by atoms with Gasteiger partial charge in [-0.15, -0.1) is 13.2 Å². The van der Waals surface area contributed by atoms with Gasteiger partial charge in [-0.1, -0.05) is 6.07 Å². The maximum atomic E-state index is 14.5. The number of hydrogen-bond donors (Lipinski definition) is 1. The number of benzene rings is 1. The third kappa shape index (κ3) is 4.53. The van der Waals surface area contributed by atoms with Crippen LogP contribution >= 0.6 is 0 Å². The molecule has 1 aromatic carbocycles. The molecule has 158 valence electrons. The molecule has 0 saturated heterocycles. The Labute approximate surface area is 168 Å². The van der Waals surface area contributed by atoms with Gasteiger partial charge in [-0.05, 0) is 50.6 Å². The van der Waals surface area contributed by atoms with Gasteiger partial charge in [0.15, 0.2) is 11.6 Å². The van der Waals surface area contributed by atoms with E-state index in [4.69, 9.17) is 4.74 Å². The van der Waals surface area contributed by atoms with Crippen molar-refractivity contribution in [3.05, 3.63) is 53.6 Å². The fourth-order valence-electron chi connectivity index (χ4n) is 2.98. The summed E-state index contributed by atoms with van der Waals surface area (Å²) in [6.45, 7) is 5.52. The summed E-state index contributed by atoms with van der Waals surface area (Å²) in [5.74, 6) is -1.71. The minimum absolute atomic E-state index is 0.218. The van der Waals surface area contributed by atoms with Crippen molar-refractivity contribution in [3.63, 3.8) is 0 Å². The molecule has 29 heavy (non-hydrogen) atoms. The lowest BCUT2D eigenvalue weighted by atomic mass is 9.82. The average molecular weight is 432 g/mol. The van der Waals surface area contributed by atoms with Gasteiger partial charge in [-0.2, -0.15) is 0 Å². The van der Waals surface area contributed by atoms with Crippen LogP contribution in [0, 0.1) is 5.82 Å². The zero-order chi connectivity index (χ0) is 21.4. The van der Waals surface area contributed by atoms with Crippen molar-refractivity contribution in [3.8, 4) is 11.5 Å². The van der Waals surface area contributed by atoms with Gasteiger partial charge in [0, 0.05) is 12.6 Å². The summed E-state index contributed by atoms with van der Waals surface area (Å²) >= 11 is 0. The minimum Gasteiger partial charge on any atom is -0.491 e. The van der Waals surface area contributed by atoms with Gasteiger partial charge >= 0.3 is 6.36 Å². The number of fused-ring (bicyclic) bond motifs is 1. The van der Waals surface area contributed by atoms with E-state index in [-0.39, 0.29) is 18.6 Å². The highest BCUT2D eigenvalue weighted by Crippen LogP contribution is 2.42. The highest BCUT2D eigenvalue weighted by Gasteiger charge is 2.44. The smallest absolute Gasteiger partial charge is 0.491 e. The van der Waals surface area contributed by atoms with Crippen LogP contribution < -0.4 is 14.2 Å². The average Bonchev–Trinajstić information content (AvgIpc) is 2.61. The first-order valence-electron chi connectivity index (χ1n) is 8.76. The lowest BCUT2D eigenvalue weighted by Crippen LogP contribution is -2.51. The zero-order valence-electron chi connectivity index (χ0n) is 16.0. The van der Waals surface area contributed by atoms with E-state index >= 15 is 0 Å². The molecule has 3 rings (SSSR count). The summed E-state index contributed by atoms with van der Waals surface area (Å²) < 4.78 is 76.6. The number of ether oxygens (including phenoxy) is 2. The predicted molar refractivity (Wildman–Crippen MR) is 99.2 cm³/mol. The second kappa shape index (κ2) is 7.56. The maximum absolute atomic E-state index is 14.5. The van der Waals surface area contributed by atoms with Gasteiger partial charge < -0.3 is 9.47 Å². The second-order valence-corrected chi connectivity index (χ2v) is 9.50. The summed E-state index contributed by atoms with van der Waals surface area (Å²) in [5, 5.41) is 0. The number of aromatic nitrogens is 1. The topological polar surface area (TPSA) is 60.5 Å². The quantitative estimate of drug-likeness (QED) is 0.736. The molecule has 0 aliphatic carbocycles. The highest BCUT2D eigenvalue weighted by atomic mass is 32.2. The van der Waals surface area contributed by atoms with Crippen LogP contribution in [0.15, 0.2) is 36.5 Å². The molecule has 1 N–H and O–H groups in total. The lowest BCUT2D eigenvalue weighted by molar-refractivity contribution is -0.275. The summed E-state index contributed by atoms with van der Waals surface area (Å²) in [5.41, 5.74) is -0.567. The van der Waals surface area contributed by atoms with Gasteiger partial charge in [0.2, 0.25) is 0 Å². The number of hydrogen-bond acceptors (Lipinski definition) is 4. The fraction of sp³-hybridized carbons (Fsp3) is 0.421. The van der Waals surface area contributed by atoms with Gasteiger partial charge in [0.25, 0.3) is 0 Å². The third-order valence-corrected chi connectivity index (χ3v) is 6.03. The Morgan fingerprint density at radius 1 is 1.24 bits per heavy atom. The number of alkyl halides is 3. The van der Waals surface area contributed by atoms with Crippen molar-refractivity contribution in [2.24, 2.45) is 0 Å². The van der Waals surface area contributed by atoms with Gasteiger partial charge in [0.1, 0.15) is 17.0 Å². The number of rotatable bonds is 4. The van der Waals surface area contributed by atoms with E-state index in [0.29, 0.717) is 11.4 Å². The maximum Gasteiger partial charge on any atom is 0.573 e. The standard InChI is InChI=1S/C19H20F4N2O3S/c1-17(2,3)29(26)25-18(8-10-27-15-5-4-9-24-16(15)18)12-6-7-14(13(20)11-12)28-19(21,22)23/h4-7,9,11,25H,8,10H2,1-3H3/t18-,29?/m0/s1. The van der Waals surface area contributed by atoms with E-state index in [1.807, 2.05) is 0 Å². The summed E-state index contributed by atoms with van der Waals surface area (Å²) in [4.78, 5) is 4.34. The molecule has 0 spiro atoms. The number of nitrogens with zero attached hydrogens (tertiary/aromatic N) is 1. The lowest BCUT2D eigenvalue weighted by Gasteiger charge is -2.40. The minimum atomic E-state index is -5.02. The molecule has 2 heterocycles. The van der Waals surface area contributed by atoms with Crippen LogP contribution in [0.25, 0.3) is 0 Å². The first-order valence-corrected chi connectivity index (χ1v) is 9.91. The van der Waals surface area contributed by atoms with Crippen molar-refractivity contribution < 1.29 is 31.2 Å². The first-order chi connectivity index (χ1) is 13.4. The van der Waals surface area contributed by atoms with Crippen LogP contribution in [-0.2, 0) is 16.5 Å². The summed E-state index contributed by atoms with van der Waals surface area (Å²) in [6, 6.07) is 6.49. The Balaban J connectivity index is 2.13. The molecule has 0 radical (unpaired) electrons. The van der Waals surface area contributed by atoms with Crippen LogP contribution in [0.1, 0.15) is 38.4 Å². The van der Waals surface area contributed by atoms with E-state index in [2.05, 4.69) is 14.4 Å². The van der Waals surface area contributed by atoms with E-state index in [1.54, 1.807) is 32.9 Å². The second-order valence-electron chi connectivity index (χ2n) is 7.53. The van der Waals surface area contributed by atoms with Crippen molar-refractivity contribution >= 4 is 11.0 Å². The molecule has 0 saturated carbocycles. The molecule has 1 aliphatic heterocycles. The molecule has 1 unspecified atom stereocenters. The molecule has 2 atom stereocenters. The molecule has 5 nitrogen and oxygen atoms in total. The van der Waals surface area contributed by atoms with Crippen molar-refractivity contribution in [2.75, 3.05) is 6.61 Å². The van der Waals surface area contributed by atoms with Crippen LogP contribution in [0.3, 0.4) is 0 Å². The van der Waals surface area contributed by atoms with Crippen LogP contribution in [0.2, 0.25) is 0 Å². The van der Waals surface area contributed by atoms with Crippen molar-refractivity contribution in [1.29, 1.82) is 0 Å². The number of nitrogens with one attached hydrogen (secondary N) is 1. The Morgan fingerprint density at radius 2 is 1.97 bits per heavy atom. The van der Waals surface area contributed by atoms with E-state index in [9.17, 15) is 21.8 Å². The number of pyridine rings is 1. The Morgan fingerprint density at radius 3 is 2.59 bits per heavy atom. The predicted octanol–water partition coefficient (Wildman–Crippen LogP) is 4.20. The van der Waals surface area contributed by atoms with Gasteiger partial charge in [0.05, 0.1) is 22.3 Å². The van der Waals surface area contributed by atoms with Crippen LogP contribution in [0.5, 0.6) is 11.5 Å². The molecule has 0 fully saturated rings. The monoisotopic (exact) mass is 432 g/mol. The SMILES string of the molecule is CC(C)(C)S(=O)N[C@]1(c2ccc(OC(F)(F)F)c(F)c2)CCOc2cccnc21. The number of halogens is 4. The van der Waals surface area contributed by atoms with Gasteiger partial charge in [-0.3, -0.25) is 4.98 Å². The van der Waals surface area contributed by atoms with Crippen LogP contribution in [-0.4, -0.2) is 26.9 Å². The Kier molecular flexibility index (Phi) is 5.61. The molecular weight excluding hydrogens is 412 g/mol. The Hall–Kier alpha value is -2.20. The van der Waals surface area contributed by atoms with Gasteiger partial charge in [-0.25, -0.2) is 13.3 Å². The fourth-order valence-corrected chi connectivity index (χ4v) is 3.92. The van der Waals surface area contributed by atoms with E-state index in [1.165, 1.54) is 12.3 Å². The molecule has 10 heteroatoms. The van der Waals surface area contributed by atoms with Crippen LogP contribution in [0.4, 0.5) is 17.6 Å². The summed E-state index contributed by atoms with van der Waals surface area (Å²) in [7, 11) is -1.59. The first kappa shape index (κ1) is 21.5. The largest absolute Gasteiger partial charge is 0.573 e. The molecule has 0 bridgehead atoms. The Bertz CT molecular complexity index is 930. The van der Waals surface area contributed by atoms with E-state index < -0.39 is 39.2 Å². The molecule has 2 aromatic rings. The highest BCUT2D eigenvalue weighted by molar-refractivity contribution is 7.84. The normalized spacial score (nSPS) is 20.5. The van der Waals surface area contributed by atoms with Crippen molar-refractivity contribution in [2.45, 2.75) is 43.8 Å². The van der Waals surface area contributed by atoms with Crippen molar-refractivity contribution in [1.82, 2.24) is 9.71 Å². The molecule has 1 aliphatic rings. The molecule has 0 amide bonds. The molecular formula is C19H20F4N2O3S. The van der Waals surface area contributed by atoms with E-state index in [0.717, 1.165) is 12.1 Å².